The summed E-state index contributed by atoms with van der Waals surface area (Å²) in [6.45, 7) is 12.0. The van der Waals surface area contributed by atoms with E-state index in [9.17, 15) is 0 Å². The molecule has 0 spiro atoms. The van der Waals surface area contributed by atoms with Gasteiger partial charge in [0.25, 0.3) is 0 Å². The minimum absolute atomic E-state index is 0.689. The average molecular weight is 229 g/mol. The standard InChI is InChI=1S/C14H31NO/c1-5-10-15-14(6-2)8-7-11-16-12-9-13(3)4/h13-15H,5-12H2,1-4H3. The zero-order valence-corrected chi connectivity index (χ0v) is 11.7. The maximum absolute atomic E-state index is 5.62. The lowest BCUT2D eigenvalue weighted by Gasteiger charge is -2.16. The molecular formula is C14H31NO. The molecule has 0 fully saturated rings. The van der Waals surface area contributed by atoms with E-state index < -0.39 is 0 Å². The summed E-state index contributed by atoms with van der Waals surface area (Å²) in [5.41, 5.74) is 0. The average Bonchev–Trinajstić information content (AvgIpc) is 2.26. The molecule has 0 aromatic heterocycles. The first kappa shape index (κ1) is 15.9. The second-order valence-corrected chi connectivity index (χ2v) is 5.00. The van der Waals surface area contributed by atoms with Crippen molar-refractivity contribution < 1.29 is 4.74 Å². The molecule has 0 saturated carbocycles. The van der Waals surface area contributed by atoms with Gasteiger partial charge in [0, 0.05) is 19.3 Å². The molecule has 0 aliphatic heterocycles. The lowest BCUT2D eigenvalue weighted by Crippen LogP contribution is -2.29. The summed E-state index contributed by atoms with van der Waals surface area (Å²) in [5.74, 6) is 0.759. The van der Waals surface area contributed by atoms with Crippen molar-refractivity contribution in [2.45, 2.75) is 65.8 Å². The van der Waals surface area contributed by atoms with Crippen LogP contribution in [0.15, 0.2) is 0 Å². The molecule has 2 heteroatoms. The van der Waals surface area contributed by atoms with Gasteiger partial charge in [0.15, 0.2) is 0 Å². The summed E-state index contributed by atoms with van der Waals surface area (Å²) in [5, 5.41) is 3.57. The van der Waals surface area contributed by atoms with Crippen molar-refractivity contribution in [3.63, 3.8) is 0 Å². The molecule has 16 heavy (non-hydrogen) atoms. The van der Waals surface area contributed by atoms with E-state index in [4.69, 9.17) is 4.74 Å². The molecule has 0 aromatic carbocycles. The van der Waals surface area contributed by atoms with Crippen LogP contribution in [-0.4, -0.2) is 25.8 Å². The number of hydrogen-bond donors (Lipinski definition) is 1. The Hall–Kier alpha value is -0.0800. The van der Waals surface area contributed by atoms with Gasteiger partial charge in [0.05, 0.1) is 0 Å². The van der Waals surface area contributed by atoms with Gasteiger partial charge in [-0.3, -0.25) is 0 Å². The Balaban J connectivity index is 3.27. The molecule has 0 saturated heterocycles. The van der Waals surface area contributed by atoms with Crippen LogP contribution in [-0.2, 0) is 4.74 Å². The number of hydrogen-bond acceptors (Lipinski definition) is 2. The van der Waals surface area contributed by atoms with Gasteiger partial charge in [-0.05, 0) is 44.6 Å². The number of ether oxygens (including phenoxy) is 1. The van der Waals surface area contributed by atoms with Crippen LogP contribution in [0.1, 0.15) is 59.8 Å². The number of rotatable bonds is 11. The summed E-state index contributed by atoms with van der Waals surface area (Å²) in [6, 6.07) is 0.689. The molecule has 0 aromatic rings. The Morgan fingerprint density at radius 1 is 1.06 bits per heavy atom. The highest BCUT2D eigenvalue weighted by atomic mass is 16.5. The van der Waals surface area contributed by atoms with Gasteiger partial charge < -0.3 is 10.1 Å². The van der Waals surface area contributed by atoms with E-state index in [-0.39, 0.29) is 0 Å². The van der Waals surface area contributed by atoms with E-state index in [2.05, 4.69) is 33.0 Å². The van der Waals surface area contributed by atoms with Gasteiger partial charge in [-0.25, -0.2) is 0 Å². The van der Waals surface area contributed by atoms with Crippen molar-refractivity contribution in [2.24, 2.45) is 5.92 Å². The van der Waals surface area contributed by atoms with Gasteiger partial charge >= 0.3 is 0 Å². The maximum Gasteiger partial charge on any atom is 0.0468 e. The topological polar surface area (TPSA) is 21.3 Å². The zero-order chi connectivity index (χ0) is 12.2. The first-order chi connectivity index (χ1) is 7.70. The van der Waals surface area contributed by atoms with E-state index >= 15 is 0 Å². The monoisotopic (exact) mass is 229 g/mol. The second-order valence-electron chi connectivity index (χ2n) is 5.00. The fourth-order valence-corrected chi connectivity index (χ4v) is 1.65. The Bertz CT molecular complexity index is 137. The van der Waals surface area contributed by atoms with E-state index in [1.54, 1.807) is 0 Å². The summed E-state index contributed by atoms with van der Waals surface area (Å²) in [7, 11) is 0. The minimum atomic E-state index is 0.689. The van der Waals surface area contributed by atoms with Crippen molar-refractivity contribution in [2.75, 3.05) is 19.8 Å². The van der Waals surface area contributed by atoms with Crippen LogP contribution in [0.4, 0.5) is 0 Å². The zero-order valence-electron chi connectivity index (χ0n) is 11.7. The molecule has 0 bridgehead atoms. The first-order valence-electron chi connectivity index (χ1n) is 7.01. The molecule has 1 N–H and O–H groups in total. The number of nitrogens with one attached hydrogen (secondary N) is 1. The Morgan fingerprint density at radius 3 is 2.38 bits per heavy atom. The molecule has 0 aliphatic rings. The second kappa shape index (κ2) is 11.4. The van der Waals surface area contributed by atoms with Gasteiger partial charge in [-0.2, -0.15) is 0 Å². The third kappa shape index (κ3) is 10.4. The molecule has 2 nitrogen and oxygen atoms in total. The van der Waals surface area contributed by atoms with Gasteiger partial charge in [0.2, 0.25) is 0 Å². The van der Waals surface area contributed by atoms with E-state index in [0.717, 1.165) is 25.7 Å². The predicted octanol–water partition coefficient (Wildman–Crippen LogP) is 3.61. The quantitative estimate of drug-likeness (QED) is 0.547. The van der Waals surface area contributed by atoms with Crippen LogP contribution >= 0.6 is 0 Å². The Labute approximate surface area is 102 Å². The van der Waals surface area contributed by atoms with Crippen LogP contribution in [0.2, 0.25) is 0 Å². The molecule has 0 aliphatic carbocycles. The molecule has 0 amide bonds. The molecule has 0 radical (unpaired) electrons. The van der Waals surface area contributed by atoms with Crippen molar-refractivity contribution in [3.05, 3.63) is 0 Å². The van der Waals surface area contributed by atoms with E-state index in [1.165, 1.54) is 32.1 Å². The predicted molar refractivity (Wildman–Crippen MR) is 71.9 cm³/mol. The minimum Gasteiger partial charge on any atom is -0.381 e. The summed E-state index contributed by atoms with van der Waals surface area (Å²) in [6.07, 6.45) is 6.07. The lowest BCUT2D eigenvalue weighted by molar-refractivity contribution is 0.118. The largest absolute Gasteiger partial charge is 0.381 e. The van der Waals surface area contributed by atoms with E-state index in [0.29, 0.717) is 6.04 Å². The lowest BCUT2D eigenvalue weighted by atomic mass is 10.1. The Morgan fingerprint density at radius 2 is 1.81 bits per heavy atom. The fourth-order valence-electron chi connectivity index (χ4n) is 1.65. The molecular weight excluding hydrogens is 198 g/mol. The van der Waals surface area contributed by atoms with Crippen molar-refractivity contribution in [1.82, 2.24) is 5.32 Å². The van der Waals surface area contributed by atoms with Crippen LogP contribution in [0, 0.1) is 5.92 Å². The SMILES string of the molecule is CCCNC(CC)CCCOCCC(C)C. The van der Waals surface area contributed by atoms with Gasteiger partial charge in [-0.15, -0.1) is 0 Å². The third-order valence-corrected chi connectivity index (χ3v) is 2.86. The van der Waals surface area contributed by atoms with Gasteiger partial charge in [0.1, 0.15) is 0 Å². The highest BCUT2D eigenvalue weighted by molar-refractivity contribution is 4.64. The summed E-state index contributed by atoms with van der Waals surface area (Å²) in [4.78, 5) is 0. The highest BCUT2D eigenvalue weighted by Crippen LogP contribution is 2.03. The maximum atomic E-state index is 5.62. The molecule has 1 atom stereocenters. The van der Waals surface area contributed by atoms with Crippen LogP contribution in [0.5, 0.6) is 0 Å². The fraction of sp³-hybridized carbons (Fsp3) is 1.00. The van der Waals surface area contributed by atoms with Crippen molar-refractivity contribution >= 4 is 0 Å². The third-order valence-electron chi connectivity index (χ3n) is 2.86. The van der Waals surface area contributed by atoms with Crippen molar-refractivity contribution in [3.8, 4) is 0 Å². The van der Waals surface area contributed by atoms with Crippen LogP contribution < -0.4 is 5.32 Å². The molecule has 0 heterocycles. The van der Waals surface area contributed by atoms with Gasteiger partial charge in [-0.1, -0.05) is 27.7 Å². The Kier molecular flexibility index (Phi) is 11.3. The smallest absolute Gasteiger partial charge is 0.0468 e. The molecule has 1 unspecified atom stereocenters. The highest BCUT2D eigenvalue weighted by Gasteiger charge is 2.03. The first-order valence-corrected chi connectivity index (χ1v) is 7.01. The van der Waals surface area contributed by atoms with Crippen LogP contribution in [0.25, 0.3) is 0 Å². The molecule has 0 rings (SSSR count). The van der Waals surface area contributed by atoms with Crippen LogP contribution in [0.3, 0.4) is 0 Å². The summed E-state index contributed by atoms with van der Waals surface area (Å²) >= 11 is 0. The normalized spacial score (nSPS) is 13.3. The molecule has 98 valence electrons. The van der Waals surface area contributed by atoms with E-state index in [1.807, 2.05) is 0 Å². The van der Waals surface area contributed by atoms with Crippen molar-refractivity contribution in [1.29, 1.82) is 0 Å². The summed E-state index contributed by atoms with van der Waals surface area (Å²) < 4.78 is 5.62.